The molecule has 0 amide bonds. The van der Waals surface area contributed by atoms with E-state index in [0.717, 1.165) is 0 Å². The summed E-state index contributed by atoms with van der Waals surface area (Å²) in [6, 6.07) is 3.97. The molecule has 0 atom stereocenters. The van der Waals surface area contributed by atoms with Gasteiger partial charge in [0.25, 0.3) is 0 Å². The normalized spacial score (nSPS) is 11.5. The molecule has 0 aromatic heterocycles. The van der Waals surface area contributed by atoms with Gasteiger partial charge >= 0.3 is 5.51 Å². The van der Waals surface area contributed by atoms with E-state index >= 15 is 0 Å². The summed E-state index contributed by atoms with van der Waals surface area (Å²) < 4.78 is 36.5. The average molecular weight is 284 g/mol. The minimum absolute atomic E-state index is 0.0139. The molecular weight excluding hydrogens is 275 g/mol. The Kier molecular flexibility index (Phi) is 4.70. The van der Waals surface area contributed by atoms with Crippen LogP contribution in [0, 0.1) is 0 Å². The SMILES string of the molecule is Nc1cc(CC(=O)CCl)cc(SC(F)(F)F)c1. The highest BCUT2D eigenvalue weighted by atomic mass is 35.5. The third-order valence-electron chi connectivity index (χ3n) is 1.77. The largest absolute Gasteiger partial charge is 0.446 e. The van der Waals surface area contributed by atoms with Crippen molar-refractivity contribution in [2.45, 2.75) is 16.8 Å². The van der Waals surface area contributed by atoms with Gasteiger partial charge in [0.05, 0.1) is 5.88 Å². The molecule has 1 aromatic rings. The molecule has 0 aliphatic carbocycles. The highest BCUT2D eigenvalue weighted by molar-refractivity contribution is 8.00. The molecule has 0 saturated heterocycles. The first kappa shape index (κ1) is 14.2. The van der Waals surface area contributed by atoms with E-state index in [9.17, 15) is 18.0 Å². The molecule has 1 aromatic carbocycles. The molecule has 0 heterocycles. The number of nitrogen functional groups attached to an aromatic ring is 1. The summed E-state index contributed by atoms with van der Waals surface area (Å²) in [5.74, 6) is -0.434. The molecule has 7 heteroatoms. The molecule has 0 radical (unpaired) electrons. The Morgan fingerprint density at radius 3 is 2.53 bits per heavy atom. The van der Waals surface area contributed by atoms with E-state index in [-0.39, 0.29) is 40.4 Å². The molecule has 0 aliphatic rings. The lowest BCUT2D eigenvalue weighted by Gasteiger charge is -2.08. The van der Waals surface area contributed by atoms with Gasteiger partial charge in [0.2, 0.25) is 0 Å². The van der Waals surface area contributed by atoms with Gasteiger partial charge in [0.15, 0.2) is 5.78 Å². The minimum Gasteiger partial charge on any atom is -0.399 e. The van der Waals surface area contributed by atoms with Gasteiger partial charge in [-0.3, -0.25) is 4.79 Å². The van der Waals surface area contributed by atoms with Crippen LogP contribution in [0.15, 0.2) is 23.1 Å². The smallest absolute Gasteiger partial charge is 0.399 e. The number of anilines is 1. The van der Waals surface area contributed by atoms with Crippen molar-refractivity contribution in [3.8, 4) is 0 Å². The number of thioether (sulfide) groups is 1. The Morgan fingerprint density at radius 2 is 2.00 bits per heavy atom. The summed E-state index contributed by atoms with van der Waals surface area (Å²) in [6.45, 7) is 0. The summed E-state index contributed by atoms with van der Waals surface area (Å²) in [4.78, 5) is 11.1. The second-order valence-electron chi connectivity index (χ2n) is 3.31. The van der Waals surface area contributed by atoms with E-state index in [1.165, 1.54) is 18.2 Å². The van der Waals surface area contributed by atoms with Gasteiger partial charge in [-0.2, -0.15) is 13.2 Å². The van der Waals surface area contributed by atoms with Gasteiger partial charge in [-0.1, -0.05) is 0 Å². The Bertz CT molecular complexity index is 423. The first-order valence-electron chi connectivity index (χ1n) is 4.53. The summed E-state index contributed by atoms with van der Waals surface area (Å²) in [5.41, 5.74) is 1.72. The maximum absolute atomic E-state index is 12.2. The van der Waals surface area contributed by atoms with Crippen molar-refractivity contribution >= 4 is 34.8 Å². The second kappa shape index (κ2) is 5.64. The van der Waals surface area contributed by atoms with Crippen molar-refractivity contribution in [1.29, 1.82) is 0 Å². The minimum atomic E-state index is -4.37. The lowest BCUT2D eigenvalue weighted by molar-refractivity contribution is -0.116. The van der Waals surface area contributed by atoms with Crippen molar-refractivity contribution in [3.63, 3.8) is 0 Å². The number of carbonyl (C=O) groups excluding carboxylic acids is 1. The predicted octanol–water partition coefficient (Wildman–Crippen LogP) is 3.23. The molecule has 94 valence electrons. The number of halogens is 4. The molecule has 17 heavy (non-hydrogen) atoms. The van der Waals surface area contributed by atoms with Crippen molar-refractivity contribution in [2.75, 3.05) is 11.6 Å². The summed E-state index contributed by atoms with van der Waals surface area (Å²) in [7, 11) is 0. The quantitative estimate of drug-likeness (QED) is 0.524. The van der Waals surface area contributed by atoms with Crippen molar-refractivity contribution in [2.24, 2.45) is 0 Å². The standard InChI is InChI=1S/C10H9ClF3NOS/c11-5-8(16)2-6-1-7(15)4-9(3-6)17-10(12,13)14/h1,3-4H,2,5,15H2. The first-order valence-corrected chi connectivity index (χ1v) is 5.88. The van der Waals surface area contributed by atoms with Gasteiger partial charge in [-0.15, -0.1) is 11.6 Å². The zero-order valence-corrected chi connectivity index (χ0v) is 10.1. The fourth-order valence-corrected chi connectivity index (χ4v) is 2.02. The highest BCUT2D eigenvalue weighted by Gasteiger charge is 2.29. The number of rotatable bonds is 4. The van der Waals surface area contributed by atoms with Gasteiger partial charge in [-0.05, 0) is 35.5 Å². The summed E-state index contributed by atoms with van der Waals surface area (Å²) >= 11 is 5.06. The molecule has 2 N–H and O–H groups in total. The number of benzene rings is 1. The molecular formula is C10H9ClF3NOS. The first-order chi connectivity index (χ1) is 7.80. The summed E-state index contributed by atoms with van der Waals surface area (Å²) in [6.07, 6.45) is -0.0139. The Balaban J connectivity index is 2.90. The fraction of sp³-hybridized carbons (Fsp3) is 0.300. The Labute approximate surface area is 105 Å². The van der Waals surface area contributed by atoms with Crippen molar-refractivity contribution < 1.29 is 18.0 Å². The number of hydrogen-bond donors (Lipinski definition) is 1. The lowest BCUT2D eigenvalue weighted by atomic mass is 10.1. The molecule has 1 rings (SSSR count). The number of carbonyl (C=O) groups is 1. The van der Waals surface area contributed by atoms with Gasteiger partial charge in [0.1, 0.15) is 0 Å². The maximum Gasteiger partial charge on any atom is 0.446 e. The van der Waals surface area contributed by atoms with Crippen LogP contribution >= 0.6 is 23.4 Å². The number of nitrogens with two attached hydrogens (primary N) is 1. The summed E-state index contributed by atoms with van der Waals surface area (Å²) in [5, 5.41) is 0. The van der Waals surface area contributed by atoms with E-state index in [4.69, 9.17) is 17.3 Å². The van der Waals surface area contributed by atoms with Gasteiger partial charge < -0.3 is 5.73 Å². The third kappa shape index (κ3) is 5.32. The van der Waals surface area contributed by atoms with E-state index in [0.29, 0.717) is 5.56 Å². The van der Waals surface area contributed by atoms with Crippen LogP contribution in [0.4, 0.5) is 18.9 Å². The lowest BCUT2D eigenvalue weighted by Crippen LogP contribution is -2.05. The monoisotopic (exact) mass is 283 g/mol. The maximum atomic E-state index is 12.2. The van der Waals surface area contributed by atoms with E-state index in [1.54, 1.807) is 0 Å². The second-order valence-corrected chi connectivity index (χ2v) is 4.71. The van der Waals surface area contributed by atoms with Gasteiger partial charge in [0, 0.05) is 17.0 Å². The number of ketones is 1. The Morgan fingerprint density at radius 1 is 1.35 bits per heavy atom. The van der Waals surface area contributed by atoms with Crippen LogP contribution in [0.3, 0.4) is 0 Å². The number of alkyl halides is 4. The number of hydrogen-bond acceptors (Lipinski definition) is 3. The highest BCUT2D eigenvalue weighted by Crippen LogP contribution is 2.37. The van der Waals surface area contributed by atoms with Crippen molar-refractivity contribution in [3.05, 3.63) is 23.8 Å². The van der Waals surface area contributed by atoms with Gasteiger partial charge in [-0.25, -0.2) is 0 Å². The number of Topliss-reactive ketones (excluding diaryl/α,β-unsaturated/α-hetero) is 1. The molecule has 0 fully saturated rings. The van der Waals surface area contributed by atoms with E-state index in [1.807, 2.05) is 0 Å². The molecule has 2 nitrogen and oxygen atoms in total. The zero-order chi connectivity index (χ0) is 13.1. The molecule has 0 unspecified atom stereocenters. The van der Waals surface area contributed by atoms with Crippen LogP contribution in [0.1, 0.15) is 5.56 Å². The molecule has 0 saturated carbocycles. The average Bonchev–Trinajstić information content (AvgIpc) is 2.13. The topological polar surface area (TPSA) is 43.1 Å². The van der Waals surface area contributed by atoms with Crippen LogP contribution in [0.2, 0.25) is 0 Å². The van der Waals surface area contributed by atoms with Crippen LogP contribution < -0.4 is 5.73 Å². The van der Waals surface area contributed by atoms with Crippen LogP contribution in [0.5, 0.6) is 0 Å². The molecule has 0 spiro atoms. The molecule has 0 bridgehead atoms. The van der Waals surface area contributed by atoms with E-state index < -0.39 is 5.51 Å². The Hall–Kier alpha value is -0.880. The van der Waals surface area contributed by atoms with Crippen LogP contribution in [-0.4, -0.2) is 17.2 Å². The fourth-order valence-electron chi connectivity index (χ4n) is 1.26. The predicted molar refractivity (Wildman–Crippen MR) is 62.2 cm³/mol. The van der Waals surface area contributed by atoms with Crippen LogP contribution in [0.25, 0.3) is 0 Å². The molecule has 0 aliphatic heterocycles. The van der Waals surface area contributed by atoms with Crippen molar-refractivity contribution in [1.82, 2.24) is 0 Å². The van der Waals surface area contributed by atoms with Crippen LogP contribution in [-0.2, 0) is 11.2 Å². The van der Waals surface area contributed by atoms with E-state index in [2.05, 4.69) is 0 Å². The third-order valence-corrected chi connectivity index (χ3v) is 2.77. The zero-order valence-electron chi connectivity index (χ0n) is 8.55.